The number of nitrogens with zero attached hydrogens (tertiary/aromatic N) is 1. The summed E-state index contributed by atoms with van der Waals surface area (Å²) in [5, 5.41) is 44.5. The summed E-state index contributed by atoms with van der Waals surface area (Å²) in [5.74, 6) is -5.12. The fraction of sp³-hybridized carbons (Fsp3) is 0.321. The highest BCUT2D eigenvalue weighted by Crippen LogP contribution is 2.25. The first kappa shape index (κ1) is 46.6. The van der Waals surface area contributed by atoms with E-state index in [0.29, 0.717) is 0 Å². The fourth-order valence-corrected chi connectivity index (χ4v) is 2.03. The van der Waals surface area contributed by atoms with E-state index in [9.17, 15) is 4.79 Å². The number of carbonyl (C=O) groups excluding carboxylic acids is 1. The van der Waals surface area contributed by atoms with Crippen LogP contribution in [0.1, 0.15) is 58.6 Å². The van der Waals surface area contributed by atoms with Gasteiger partial charge in [0.1, 0.15) is 0 Å². The van der Waals surface area contributed by atoms with Gasteiger partial charge in [0.05, 0.1) is 5.92 Å². The van der Waals surface area contributed by atoms with Crippen LogP contribution >= 0.6 is 0 Å². The lowest BCUT2D eigenvalue weighted by atomic mass is 9.90. The zero-order chi connectivity index (χ0) is 34.4. The van der Waals surface area contributed by atoms with E-state index in [4.69, 9.17) is 59.4 Å². The molecule has 236 valence electrons. The molecule has 1 amide bonds. The molecule has 0 heterocycles. The summed E-state index contributed by atoms with van der Waals surface area (Å²) in [6.45, 7) is 6.50. The van der Waals surface area contributed by atoms with Crippen molar-refractivity contribution in [3.8, 4) is 0 Å². The fourth-order valence-electron chi connectivity index (χ4n) is 2.03. The Labute approximate surface area is 244 Å². The molecule has 6 N–H and O–H groups in total. The van der Waals surface area contributed by atoms with Gasteiger partial charge in [-0.05, 0) is 11.1 Å². The molecule has 14 nitrogen and oxygen atoms in total. The first-order chi connectivity index (χ1) is 19.1. The Morgan fingerprint density at radius 1 is 0.452 bits per heavy atom. The van der Waals surface area contributed by atoms with Crippen LogP contribution in [-0.2, 0) is 33.6 Å². The summed E-state index contributed by atoms with van der Waals surface area (Å²) in [7, 11) is 3.59. The summed E-state index contributed by atoms with van der Waals surface area (Å²) >= 11 is 0. The number of aliphatic carboxylic acids is 6. The molecule has 0 saturated heterocycles. The number of carboxylic acid groups (broad SMARTS) is 6. The summed E-state index contributed by atoms with van der Waals surface area (Å²) in [6.07, 6.45) is 0. The van der Waals surface area contributed by atoms with Crippen molar-refractivity contribution in [2.24, 2.45) is 0 Å². The second-order valence-electron chi connectivity index (χ2n) is 7.60. The van der Waals surface area contributed by atoms with Crippen molar-refractivity contribution in [1.82, 2.24) is 4.90 Å². The van der Waals surface area contributed by atoms with E-state index in [1.165, 1.54) is 0 Å². The van der Waals surface area contributed by atoms with Gasteiger partial charge in [0.15, 0.2) is 0 Å². The number of likely N-dealkylation sites (N-methyl/N-ethyl adjacent to an activating group) is 1. The normalized spacial score (nSPS) is 8.02. The van der Waals surface area contributed by atoms with Crippen molar-refractivity contribution in [2.45, 2.75) is 47.5 Å². The average molecular weight is 600 g/mol. The Hall–Kier alpha value is -5.27. The van der Waals surface area contributed by atoms with Gasteiger partial charge >= 0.3 is 0 Å². The lowest BCUT2D eigenvalue weighted by Crippen LogP contribution is -2.28. The van der Waals surface area contributed by atoms with E-state index in [1.54, 1.807) is 19.0 Å². The van der Waals surface area contributed by atoms with Crippen LogP contribution in [-0.4, -0.2) is 91.4 Å². The lowest BCUT2D eigenvalue weighted by Gasteiger charge is -2.21. The van der Waals surface area contributed by atoms with Crippen LogP contribution < -0.4 is 0 Å². The Kier molecular flexibility index (Phi) is 33.6. The number of amides is 1. The SMILES string of the molecule is CC(=O)O.CC(=O)O.CC(=O)O.CC(=O)O.CC(=O)O.CC(=O)O.CN(C)C(=O)C(c1ccccc1)c1ccccc1. The van der Waals surface area contributed by atoms with Gasteiger partial charge in [0.2, 0.25) is 5.91 Å². The van der Waals surface area contributed by atoms with Crippen molar-refractivity contribution in [1.29, 1.82) is 0 Å². The van der Waals surface area contributed by atoms with E-state index in [0.717, 1.165) is 52.7 Å². The van der Waals surface area contributed by atoms with E-state index in [2.05, 4.69) is 0 Å². The maximum Gasteiger partial charge on any atom is 0.300 e. The molecule has 0 aromatic heterocycles. The van der Waals surface area contributed by atoms with E-state index >= 15 is 0 Å². The molecule has 0 bridgehead atoms. The number of carbonyl (C=O) groups is 7. The molecule has 0 saturated carbocycles. The molecule has 2 aromatic carbocycles. The van der Waals surface area contributed by atoms with Gasteiger partial charge in [-0.2, -0.15) is 0 Å². The van der Waals surface area contributed by atoms with Gasteiger partial charge in [-0.25, -0.2) is 0 Å². The van der Waals surface area contributed by atoms with Crippen molar-refractivity contribution in [3.05, 3.63) is 71.8 Å². The van der Waals surface area contributed by atoms with Crippen LogP contribution in [0.25, 0.3) is 0 Å². The third kappa shape index (κ3) is 55.3. The van der Waals surface area contributed by atoms with Gasteiger partial charge in [-0.1, -0.05) is 60.7 Å². The summed E-state index contributed by atoms with van der Waals surface area (Å²) in [4.78, 5) is 68.0. The monoisotopic (exact) mass is 599 g/mol. The van der Waals surface area contributed by atoms with Gasteiger partial charge < -0.3 is 35.5 Å². The number of carboxylic acids is 6. The highest BCUT2D eigenvalue weighted by molar-refractivity contribution is 5.86. The first-order valence-corrected chi connectivity index (χ1v) is 11.6. The van der Waals surface area contributed by atoms with Crippen LogP contribution in [0.5, 0.6) is 0 Å². The molecule has 0 unspecified atom stereocenters. The van der Waals surface area contributed by atoms with Crippen LogP contribution in [0, 0.1) is 0 Å². The Balaban J connectivity index is -0.000000156. The molecule has 14 heteroatoms. The van der Waals surface area contributed by atoms with Crippen molar-refractivity contribution in [3.63, 3.8) is 0 Å². The minimum atomic E-state index is -0.833. The third-order valence-corrected chi connectivity index (χ3v) is 2.95. The maximum atomic E-state index is 12.4. The third-order valence-electron chi connectivity index (χ3n) is 2.95. The molecular weight excluding hydrogens is 558 g/mol. The van der Waals surface area contributed by atoms with Gasteiger partial charge in [-0.15, -0.1) is 0 Å². The number of rotatable bonds is 3. The maximum absolute atomic E-state index is 12.4. The first-order valence-electron chi connectivity index (χ1n) is 11.6. The standard InChI is InChI=1S/C16H17NO.6C2H4O2/c1-17(2)16(18)15(13-9-5-3-6-10-13)14-11-7-4-8-12-14;6*1-2(3)4/h3-12,15H,1-2H3;6*1H3,(H,3,4). The topological polar surface area (TPSA) is 244 Å². The highest BCUT2D eigenvalue weighted by atomic mass is 16.4. The minimum Gasteiger partial charge on any atom is -0.481 e. The zero-order valence-electron chi connectivity index (χ0n) is 24.8. The smallest absolute Gasteiger partial charge is 0.300 e. The van der Waals surface area contributed by atoms with Crippen molar-refractivity contribution < 1.29 is 64.2 Å². The van der Waals surface area contributed by atoms with E-state index in [1.807, 2.05) is 60.7 Å². The second kappa shape index (κ2) is 30.3. The van der Waals surface area contributed by atoms with Gasteiger partial charge in [-0.3, -0.25) is 33.6 Å². The molecule has 0 spiro atoms. The Morgan fingerprint density at radius 3 is 0.762 bits per heavy atom. The highest BCUT2D eigenvalue weighted by Gasteiger charge is 2.23. The molecule has 2 aromatic rings. The van der Waals surface area contributed by atoms with E-state index in [-0.39, 0.29) is 11.8 Å². The van der Waals surface area contributed by atoms with Crippen molar-refractivity contribution >= 4 is 41.7 Å². The number of benzene rings is 2. The molecule has 0 atom stereocenters. The molecular formula is C28H41NO13. The molecule has 0 fully saturated rings. The zero-order valence-corrected chi connectivity index (χ0v) is 24.8. The molecule has 42 heavy (non-hydrogen) atoms. The quantitative estimate of drug-likeness (QED) is 0.296. The van der Waals surface area contributed by atoms with E-state index < -0.39 is 35.8 Å². The van der Waals surface area contributed by atoms with Crippen LogP contribution in [0.3, 0.4) is 0 Å². The molecule has 0 aliphatic heterocycles. The Morgan fingerprint density at radius 2 is 0.619 bits per heavy atom. The summed E-state index contributed by atoms with van der Waals surface area (Å²) < 4.78 is 0. The minimum absolute atomic E-state index is 0.104. The summed E-state index contributed by atoms with van der Waals surface area (Å²) in [5.41, 5.74) is 2.06. The molecule has 2 rings (SSSR count). The largest absolute Gasteiger partial charge is 0.481 e. The van der Waals surface area contributed by atoms with Crippen LogP contribution in [0.2, 0.25) is 0 Å². The Bertz CT molecular complexity index is 897. The summed E-state index contributed by atoms with van der Waals surface area (Å²) in [6, 6.07) is 19.8. The van der Waals surface area contributed by atoms with Crippen LogP contribution in [0.4, 0.5) is 0 Å². The van der Waals surface area contributed by atoms with Gasteiger partial charge in [0.25, 0.3) is 35.8 Å². The molecule has 0 aliphatic rings. The predicted molar refractivity (Wildman–Crippen MR) is 153 cm³/mol. The second-order valence-corrected chi connectivity index (χ2v) is 7.60. The van der Waals surface area contributed by atoms with Crippen LogP contribution in [0.15, 0.2) is 60.7 Å². The lowest BCUT2D eigenvalue weighted by molar-refractivity contribution is -0.135. The van der Waals surface area contributed by atoms with Gasteiger partial charge in [0, 0.05) is 55.6 Å². The molecule has 0 aliphatic carbocycles. The number of hydrogen-bond donors (Lipinski definition) is 6. The molecule has 0 radical (unpaired) electrons. The number of hydrogen-bond acceptors (Lipinski definition) is 7. The van der Waals surface area contributed by atoms with Crippen molar-refractivity contribution in [2.75, 3.05) is 14.1 Å². The average Bonchev–Trinajstić information content (AvgIpc) is 2.78. The predicted octanol–water partition coefficient (Wildman–Crippen LogP) is 3.45.